The topological polar surface area (TPSA) is 45.2 Å². The smallest absolute Gasteiger partial charge is 0.255 e. The van der Waals surface area contributed by atoms with Gasteiger partial charge in [0.15, 0.2) is 0 Å². The molecule has 2 unspecified atom stereocenters. The highest BCUT2D eigenvalue weighted by Gasteiger charge is 2.33. The Morgan fingerprint density at radius 1 is 1.58 bits per heavy atom. The number of nitrogens with zero attached hydrogens (tertiary/aromatic N) is 2. The maximum atomic E-state index is 12.6. The molecular weight excluding hydrogens is 262 g/mol. The zero-order chi connectivity index (χ0) is 14.0. The van der Waals surface area contributed by atoms with E-state index in [1.165, 1.54) is 0 Å². The Labute approximate surface area is 119 Å². The van der Waals surface area contributed by atoms with Gasteiger partial charge in [0.1, 0.15) is 5.82 Å². The molecule has 0 aromatic carbocycles. The first kappa shape index (κ1) is 14.1. The summed E-state index contributed by atoms with van der Waals surface area (Å²) in [6.45, 7) is 4.23. The third-order valence-corrected chi connectivity index (χ3v) is 4.10. The molecule has 1 fully saturated rings. The summed E-state index contributed by atoms with van der Waals surface area (Å²) in [6, 6.07) is 2.32. The summed E-state index contributed by atoms with van der Waals surface area (Å²) in [5, 5.41) is 3.37. The minimum Gasteiger partial charge on any atom is -0.372 e. The van der Waals surface area contributed by atoms with E-state index in [1.807, 2.05) is 4.90 Å². The van der Waals surface area contributed by atoms with E-state index in [9.17, 15) is 4.79 Å². The quantitative estimate of drug-likeness (QED) is 0.925. The average molecular weight is 282 g/mol. The second kappa shape index (κ2) is 5.78. The minimum atomic E-state index is 0.0360. The number of hydrogen-bond donors (Lipinski definition) is 1. The molecule has 1 aromatic rings. The van der Waals surface area contributed by atoms with Crippen LogP contribution in [0.3, 0.4) is 0 Å². The highest BCUT2D eigenvalue weighted by Crippen LogP contribution is 2.29. The average Bonchev–Trinajstić information content (AvgIpc) is 2.78. The van der Waals surface area contributed by atoms with Crippen LogP contribution < -0.4 is 5.32 Å². The first-order valence-electron chi connectivity index (χ1n) is 6.74. The number of likely N-dealkylation sites (tertiary alicyclic amines) is 1. The molecule has 0 saturated carbocycles. The zero-order valence-corrected chi connectivity index (χ0v) is 12.4. The lowest BCUT2D eigenvalue weighted by atomic mass is 10.1. The summed E-state index contributed by atoms with van der Waals surface area (Å²) < 4.78 is 0. The second-order valence-corrected chi connectivity index (χ2v) is 5.41. The summed E-state index contributed by atoms with van der Waals surface area (Å²) in [6.07, 6.45) is 4.74. The first-order valence-corrected chi connectivity index (χ1v) is 7.12. The Hall–Kier alpha value is -1.29. The molecule has 4 nitrogen and oxygen atoms in total. The van der Waals surface area contributed by atoms with Gasteiger partial charge in [0.25, 0.3) is 5.91 Å². The number of aromatic nitrogens is 1. The van der Waals surface area contributed by atoms with Crippen molar-refractivity contribution in [1.29, 1.82) is 0 Å². The molecule has 0 bridgehead atoms. The van der Waals surface area contributed by atoms with Crippen molar-refractivity contribution in [1.82, 2.24) is 9.88 Å². The third-order valence-electron chi connectivity index (χ3n) is 3.82. The maximum Gasteiger partial charge on any atom is 0.255 e. The first-order chi connectivity index (χ1) is 9.08. The van der Waals surface area contributed by atoms with Crippen molar-refractivity contribution >= 4 is 23.3 Å². The predicted molar refractivity (Wildman–Crippen MR) is 77.7 cm³/mol. The summed E-state index contributed by atoms with van der Waals surface area (Å²) in [5.74, 6) is 0.633. The van der Waals surface area contributed by atoms with Crippen molar-refractivity contribution in [3.8, 4) is 0 Å². The Morgan fingerprint density at radius 3 is 2.89 bits per heavy atom. The molecule has 2 rings (SSSR count). The van der Waals surface area contributed by atoms with E-state index in [2.05, 4.69) is 24.1 Å². The molecule has 1 N–H and O–H groups in total. The molecule has 5 heteroatoms. The van der Waals surface area contributed by atoms with Gasteiger partial charge in [0, 0.05) is 25.3 Å². The Bertz CT molecular complexity index is 478. The number of amides is 1. The summed E-state index contributed by atoms with van der Waals surface area (Å²) in [5.41, 5.74) is 0.566. The van der Waals surface area contributed by atoms with Gasteiger partial charge < -0.3 is 10.2 Å². The van der Waals surface area contributed by atoms with Crippen molar-refractivity contribution in [2.24, 2.45) is 0 Å². The van der Waals surface area contributed by atoms with Crippen molar-refractivity contribution in [3.63, 3.8) is 0 Å². The Morgan fingerprint density at radius 2 is 2.32 bits per heavy atom. The van der Waals surface area contributed by atoms with Crippen LogP contribution in [0.25, 0.3) is 0 Å². The molecule has 1 aliphatic rings. The number of halogens is 1. The lowest BCUT2D eigenvalue weighted by molar-refractivity contribution is 0.0676. The zero-order valence-electron chi connectivity index (χ0n) is 11.6. The number of anilines is 1. The molecule has 19 heavy (non-hydrogen) atoms. The van der Waals surface area contributed by atoms with E-state index in [0.29, 0.717) is 28.5 Å². The molecule has 1 saturated heterocycles. The highest BCUT2D eigenvalue weighted by molar-refractivity contribution is 6.33. The molecule has 0 aliphatic carbocycles. The second-order valence-electron chi connectivity index (χ2n) is 5.01. The van der Waals surface area contributed by atoms with Gasteiger partial charge in [0.05, 0.1) is 10.6 Å². The fourth-order valence-corrected chi connectivity index (χ4v) is 2.99. The van der Waals surface area contributed by atoms with E-state index in [-0.39, 0.29) is 5.91 Å². The summed E-state index contributed by atoms with van der Waals surface area (Å²) in [4.78, 5) is 18.7. The van der Waals surface area contributed by atoms with Gasteiger partial charge in [-0.05, 0) is 32.3 Å². The van der Waals surface area contributed by atoms with Gasteiger partial charge in [-0.15, -0.1) is 0 Å². The van der Waals surface area contributed by atoms with Crippen molar-refractivity contribution < 1.29 is 4.79 Å². The summed E-state index contributed by atoms with van der Waals surface area (Å²) >= 11 is 6.09. The molecule has 2 heterocycles. The van der Waals surface area contributed by atoms with Crippen LogP contribution in [0, 0.1) is 0 Å². The molecule has 0 radical (unpaired) electrons. The molecule has 2 atom stereocenters. The van der Waals surface area contributed by atoms with E-state index >= 15 is 0 Å². The van der Waals surface area contributed by atoms with Crippen LogP contribution >= 0.6 is 11.6 Å². The van der Waals surface area contributed by atoms with Crippen LogP contribution in [0.1, 0.15) is 43.5 Å². The fourth-order valence-electron chi connectivity index (χ4n) is 2.73. The third kappa shape index (κ3) is 2.68. The monoisotopic (exact) mass is 281 g/mol. The van der Waals surface area contributed by atoms with Crippen molar-refractivity contribution in [2.45, 2.75) is 45.2 Å². The van der Waals surface area contributed by atoms with Gasteiger partial charge in [0.2, 0.25) is 0 Å². The number of nitrogens with one attached hydrogen (secondary N) is 1. The molecular formula is C14H20ClN3O. The number of carbonyl (C=O) groups is 1. The van der Waals surface area contributed by atoms with Gasteiger partial charge in [-0.2, -0.15) is 0 Å². The molecule has 1 aliphatic heterocycles. The number of hydrogen-bond acceptors (Lipinski definition) is 3. The van der Waals surface area contributed by atoms with E-state index in [0.717, 1.165) is 19.3 Å². The Balaban J connectivity index is 2.26. The van der Waals surface area contributed by atoms with Crippen LogP contribution in [0.2, 0.25) is 5.02 Å². The van der Waals surface area contributed by atoms with Crippen molar-refractivity contribution in [3.05, 3.63) is 22.8 Å². The lowest BCUT2D eigenvalue weighted by Gasteiger charge is -2.28. The number of pyridine rings is 1. The van der Waals surface area contributed by atoms with E-state index in [4.69, 9.17) is 11.6 Å². The van der Waals surface area contributed by atoms with Crippen LogP contribution in [0.5, 0.6) is 0 Å². The fraction of sp³-hybridized carbons (Fsp3) is 0.571. The van der Waals surface area contributed by atoms with E-state index in [1.54, 1.807) is 19.3 Å². The van der Waals surface area contributed by atoms with Crippen LogP contribution in [0.15, 0.2) is 12.3 Å². The van der Waals surface area contributed by atoms with Gasteiger partial charge >= 0.3 is 0 Å². The summed E-state index contributed by atoms with van der Waals surface area (Å²) in [7, 11) is 1.76. The van der Waals surface area contributed by atoms with E-state index < -0.39 is 0 Å². The largest absolute Gasteiger partial charge is 0.372 e. The van der Waals surface area contributed by atoms with Gasteiger partial charge in [-0.1, -0.05) is 18.5 Å². The molecule has 0 spiro atoms. The van der Waals surface area contributed by atoms with Gasteiger partial charge in [-0.3, -0.25) is 4.79 Å². The number of rotatable bonds is 3. The highest BCUT2D eigenvalue weighted by atomic mass is 35.5. The normalized spacial score (nSPS) is 22.6. The number of carbonyl (C=O) groups excluding carboxylic acids is 1. The molecule has 1 amide bonds. The maximum absolute atomic E-state index is 12.6. The lowest BCUT2D eigenvalue weighted by Crippen LogP contribution is -2.39. The SMILES string of the molecule is CCC1CCC(C)N1C(=O)c1cnc(NC)c(Cl)c1. The molecule has 104 valence electrons. The minimum absolute atomic E-state index is 0.0360. The predicted octanol–water partition coefficient (Wildman–Crippen LogP) is 3.18. The van der Waals surface area contributed by atoms with Crippen molar-refractivity contribution in [2.75, 3.05) is 12.4 Å². The van der Waals surface area contributed by atoms with Crippen LogP contribution in [0.4, 0.5) is 5.82 Å². The Kier molecular flexibility index (Phi) is 4.30. The molecule has 1 aromatic heterocycles. The standard InChI is InChI=1S/C14H20ClN3O/c1-4-11-6-5-9(2)18(11)14(19)10-7-12(15)13(16-3)17-8-10/h7-9,11H,4-6H2,1-3H3,(H,16,17). The van der Waals surface area contributed by atoms with Crippen LogP contribution in [-0.2, 0) is 0 Å². The van der Waals surface area contributed by atoms with Crippen LogP contribution in [-0.4, -0.2) is 34.9 Å². The van der Waals surface area contributed by atoms with Gasteiger partial charge in [-0.25, -0.2) is 4.98 Å².